The van der Waals surface area contributed by atoms with Gasteiger partial charge in [-0.15, -0.1) is 6.42 Å². The van der Waals surface area contributed by atoms with Gasteiger partial charge in [0.05, 0.1) is 0 Å². The van der Waals surface area contributed by atoms with Crippen LogP contribution in [0.1, 0.15) is 31.9 Å². The van der Waals surface area contributed by atoms with Crippen LogP contribution in [0, 0.1) is 12.3 Å². The number of benzene rings is 1. The first-order valence-electron chi connectivity index (χ1n) is 4.46. The van der Waals surface area contributed by atoms with E-state index in [1.54, 1.807) is 0 Å². The Balaban J connectivity index is 0.000000671. The average Bonchev–Trinajstić information content (AvgIpc) is 2.21. The maximum Gasteiger partial charge on any atom is 0.0248 e. The highest BCUT2D eigenvalue weighted by molar-refractivity contribution is 5.62. The van der Waals surface area contributed by atoms with E-state index in [-0.39, 0.29) is 0 Å². The van der Waals surface area contributed by atoms with Crippen LogP contribution < -0.4 is 0 Å². The molecular weight excluding hydrogens is 156 g/mol. The van der Waals surface area contributed by atoms with Crippen LogP contribution in [0.4, 0.5) is 0 Å². The van der Waals surface area contributed by atoms with Crippen LogP contribution in [0.2, 0.25) is 0 Å². The molecule has 0 saturated heterocycles. The van der Waals surface area contributed by atoms with Gasteiger partial charge in [0, 0.05) is 5.56 Å². The lowest BCUT2D eigenvalue weighted by molar-refractivity contribution is 1.50. The molecule has 68 valence electrons. The van der Waals surface area contributed by atoms with Crippen molar-refractivity contribution in [3.63, 3.8) is 0 Å². The van der Waals surface area contributed by atoms with E-state index in [2.05, 4.69) is 12.5 Å². The van der Waals surface area contributed by atoms with Crippen molar-refractivity contribution in [3.8, 4) is 12.3 Å². The van der Waals surface area contributed by atoms with Gasteiger partial charge in [0.2, 0.25) is 0 Å². The second kappa shape index (κ2) is 6.08. The number of hydrogen-bond acceptors (Lipinski definition) is 0. The number of hydrogen-bond donors (Lipinski definition) is 0. The Morgan fingerprint density at radius 2 is 2.00 bits per heavy atom. The zero-order valence-electron chi connectivity index (χ0n) is 8.59. The third-order valence-corrected chi connectivity index (χ3v) is 1.52. The average molecular weight is 172 g/mol. The van der Waals surface area contributed by atoms with Crippen LogP contribution in [0.3, 0.4) is 0 Å². The molecule has 0 atom stereocenters. The molecule has 0 radical (unpaired) electrons. The molecule has 0 aromatic heterocycles. The van der Waals surface area contributed by atoms with Crippen molar-refractivity contribution < 1.29 is 0 Å². The van der Waals surface area contributed by atoms with Crippen molar-refractivity contribution in [1.82, 2.24) is 0 Å². The fraction of sp³-hybridized carbons (Fsp3) is 0.231. The van der Waals surface area contributed by atoms with E-state index in [0.717, 1.165) is 16.7 Å². The van der Waals surface area contributed by atoms with Gasteiger partial charge in [0.25, 0.3) is 0 Å². The third kappa shape index (κ3) is 3.62. The lowest BCUT2D eigenvalue weighted by atomic mass is 10.1. The Morgan fingerprint density at radius 3 is 2.46 bits per heavy atom. The van der Waals surface area contributed by atoms with Crippen molar-refractivity contribution in [2.45, 2.75) is 20.8 Å². The minimum Gasteiger partial charge on any atom is -0.115 e. The molecule has 0 saturated carbocycles. The van der Waals surface area contributed by atoms with E-state index >= 15 is 0 Å². The Bertz CT molecular complexity index is 313. The summed E-state index contributed by atoms with van der Waals surface area (Å²) in [6.07, 6.45) is 5.24. The van der Waals surface area contributed by atoms with E-state index in [0.29, 0.717) is 0 Å². The summed E-state index contributed by atoms with van der Waals surface area (Å²) in [4.78, 5) is 0. The highest BCUT2D eigenvalue weighted by Crippen LogP contribution is 2.12. The predicted molar refractivity (Wildman–Crippen MR) is 60.4 cm³/mol. The monoisotopic (exact) mass is 172 g/mol. The van der Waals surface area contributed by atoms with Gasteiger partial charge in [-0.2, -0.15) is 0 Å². The molecule has 13 heavy (non-hydrogen) atoms. The highest BCUT2D eigenvalue weighted by atomic mass is 14.0. The molecule has 0 spiro atoms. The summed E-state index contributed by atoms with van der Waals surface area (Å²) in [6, 6.07) is 7.82. The van der Waals surface area contributed by atoms with E-state index in [1.165, 1.54) is 0 Å². The maximum absolute atomic E-state index is 5.24. The molecule has 1 rings (SSSR count). The van der Waals surface area contributed by atoms with E-state index < -0.39 is 0 Å². The summed E-state index contributed by atoms with van der Waals surface area (Å²) in [5.41, 5.74) is 3.06. The first-order valence-corrected chi connectivity index (χ1v) is 4.46. The summed E-state index contributed by atoms with van der Waals surface area (Å²) in [5.74, 6) is 2.58. The summed E-state index contributed by atoms with van der Waals surface area (Å²) < 4.78 is 0. The normalized spacial score (nSPS) is 7.85. The van der Waals surface area contributed by atoms with Gasteiger partial charge in [-0.3, -0.25) is 0 Å². The summed E-state index contributed by atoms with van der Waals surface area (Å²) in [5, 5.41) is 0. The van der Waals surface area contributed by atoms with Crippen LogP contribution in [0.25, 0.3) is 5.57 Å². The quantitative estimate of drug-likeness (QED) is 0.566. The molecular formula is C13H16. The largest absolute Gasteiger partial charge is 0.115 e. The first-order chi connectivity index (χ1) is 6.24. The van der Waals surface area contributed by atoms with Gasteiger partial charge >= 0.3 is 0 Å². The zero-order chi connectivity index (χ0) is 10.3. The molecule has 0 heteroatoms. The number of rotatable bonds is 1. The third-order valence-electron chi connectivity index (χ3n) is 1.52. The molecule has 0 aliphatic heterocycles. The molecule has 0 heterocycles. The minimum atomic E-state index is 0.908. The fourth-order valence-corrected chi connectivity index (χ4v) is 0.874. The summed E-state index contributed by atoms with van der Waals surface area (Å²) in [7, 11) is 0. The molecule has 0 bridgehead atoms. The molecule has 0 aliphatic carbocycles. The molecule has 0 nitrogen and oxygen atoms in total. The van der Waals surface area contributed by atoms with Gasteiger partial charge in [-0.05, 0) is 24.6 Å². The SMILES string of the molecule is C#Cc1cccc(C(=C)C)c1.CC. The first kappa shape index (κ1) is 11.5. The second-order valence-corrected chi connectivity index (χ2v) is 2.51. The molecule has 0 unspecified atom stereocenters. The van der Waals surface area contributed by atoms with Crippen molar-refractivity contribution in [2.24, 2.45) is 0 Å². The standard InChI is InChI=1S/C11H10.C2H6/c1-4-10-6-5-7-11(8-10)9(2)3;1-2/h1,5-8H,2H2,3H3;1-2H3. The van der Waals surface area contributed by atoms with Gasteiger partial charge in [-0.1, -0.05) is 44.1 Å². The van der Waals surface area contributed by atoms with Gasteiger partial charge < -0.3 is 0 Å². The van der Waals surface area contributed by atoms with Gasteiger partial charge in [0.1, 0.15) is 0 Å². The van der Waals surface area contributed by atoms with Gasteiger partial charge in [0.15, 0.2) is 0 Å². The molecule has 0 fully saturated rings. The fourth-order valence-electron chi connectivity index (χ4n) is 0.874. The van der Waals surface area contributed by atoms with Crippen molar-refractivity contribution in [1.29, 1.82) is 0 Å². The lowest BCUT2D eigenvalue weighted by Gasteiger charge is -1.98. The predicted octanol–water partition coefficient (Wildman–Crippen LogP) is 3.73. The Hall–Kier alpha value is -1.48. The van der Waals surface area contributed by atoms with Crippen LogP contribution in [0.5, 0.6) is 0 Å². The van der Waals surface area contributed by atoms with E-state index in [4.69, 9.17) is 6.42 Å². The van der Waals surface area contributed by atoms with Crippen LogP contribution in [0.15, 0.2) is 30.8 Å². The number of allylic oxidation sites excluding steroid dienone is 1. The molecule has 1 aromatic rings. The highest BCUT2D eigenvalue weighted by Gasteiger charge is 1.92. The van der Waals surface area contributed by atoms with Crippen LogP contribution in [-0.2, 0) is 0 Å². The topological polar surface area (TPSA) is 0 Å². The molecule has 1 aromatic carbocycles. The zero-order valence-corrected chi connectivity index (χ0v) is 8.59. The Labute approximate surface area is 81.3 Å². The Kier molecular flexibility index (Phi) is 5.39. The number of terminal acetylenes is 1. The molecule has 0 amide bonds. The van der Waals surface area contributed by atoms with Crippen molar-refractivity contribution in [2.75, 3.05) is 0 Å². The minimum absolute atomic E-state index is 0.908. The maximum atomic E-state index is 5.24. The van der Waals surface area contributed by atoms with Crippen molar-refractivity contribution in [3.05, 3.63) is 42.0 Å². The van der Waals surface area contributed by atoms with Crippen LogP contribution >= 0.6 is 0 Å². The van der Waals surface area contributed by atoms with Crippen molar-refractivity contribution >= 4 is 5.57 Å². The summed E-state index contributed by atoms with van der Waals surface area (Å²) in [6.45, 7) is 9.80. The van der Waals surface area contributed by atoms with E-state index in [9.17, 15) is 0 Å². The Morgan fingerprint density at radius 1 is 1.38 bits per heavy atom. The molecule has 0 aliphatic rings. The smallest absolute Gasteiger partial charge is 0.0248 e. The molecule has 0 N–H and O–H groups in total. The lowest BCUT2D eigenvalue weighted by Crippen LogP contribution is -1.79. The van der Waals surface area contributed by atoms with Gasteiger partial charge in [-0.25, -0.2) is 0 Å². The van der Waals surface area contributed by atoms with Crippen LogP contribution in [-0.4, -0.2) is 0 Å². The second-order valence-electron chi connectivity index (χ2n) is 2.51. The van der Waals surface area contributed by atoms with E-state index in [1.807, 2.05) is 45.0 Å². The summed E-state index contributed by atoms with van der Waals surface area (Å²) >= 11 is 0.